The van der Waals surface area contributed by atoms with E-state index < -0.39 is 0 Å². The number of hydrogen-bond acceptors (Lipinski definition) is 2. The van der Waals surface area contributed by atoms with Crippen molar-refractivity contribution in [2.45, 2.75) is 40.5 Å². The van der Waals surface area contributed by atoms with E-state index in [4.69, 9.17) is 0 Å². The summed E-state index contributed by atoms with van der Waals surface area (Å²) in [6.07, 6.45) is 2.06. The summed E-state index contributed by atoms with van der Waals surface area (Å²) in [5.74, 6) is 0. The first kappa shape index (κ1) is 36.7. The summed E-state index contributed by atoms with van der Waals surface area (Å²) in [6.45, 7) is 8.72. The summed E-state index contributed by atoms with van der Waals surface area (Å²) in [5, 5.41) is 4.80. The number of fused-ring (bicyclic) bond motifs is 3. The van der Waals surface area contributed by atoms with Crippen LogP contribution < -0.4 is 9.80 Å². The van der Waals surface area contributed by atoms with Gasteiger partial charge < -0.3 is 9.80 Å². The summed E-state index contributed by atoms with van der Waals surface area (Å²) < 4.78 is 0. The predicted molar refractivity (Wildman–Crippen MR) is 250 cm³/mol. The molecule has 0 saturated carbocycles. The molecule has 0 fully saturated rings. The third kappa shape index (κ3) is 7.03. The average molecular weight is 749 g/mol. The SMILES string of the molecule is CCc1ccc(-c2ccc(N(c3ccc(C)cc3)c3c(N(c4ccc(C)cc4)c4ccc(-c5ccc(CC)cc5)cc4)c4ccccc4c4ccccc34)cc2)cc1. The molecule has 0 amide bonds. The minimum atomic E-state index is 1.03. The highest BCUT2D eigenvalue weighted by Gasteiger charge is 2.27. The molecule has 2 heteroatoms. The zero-order chi connectivity index (χ0) is 39.6. The molecule has 0 unspecified atom stereocenters. The topological polar surface area (TPSA) is 6.48 Å². The molecular formula is C56H48N2. The smallest absolute Gasteiger partial charge is 0.0788 e. The molecule has 58 heavy (non-hydrogen) atoms. The number of aryl methyl sites for hydroxylation is 4. The molecule has 0 radical (unpaired) electrons. The molecule has 0 bridgehead atoms. The van der Waals surface area contributed by atoms with Gasteiger partial charge in [0.05, 0.1) is 11.4 Å². The van der Waals surface area contributed by atoms with E-state index >= 15 is 0 Å². The van der Waals surface area contributed by atoms with E-state index in [1.807, 2.05) is 0 Å². The van der Waals surface area contributed by atoms with Crippen LogP contribution in [0.15, 0.2) is 194 Å². The summed E-state index contributed by atoms with van der Waals surface area (Å²) in [5.41, 5.74) is 16.6. The highest BCUT2D eigenvalue weighted by Crippen LogP contribution is 2.53. The Labute approximate surface area is 343 Å². The van der Waals surface area contributed by atoms with E-state index in [9.17, 15) is 0 Å². The van der Waals surface area contributed by atoms with Gasteiger partial charge in [-0.1, -0.05) is 171 Å². The summed E-state index contributed by atoms with van der Waals surface area (Å²) in [6, 6.07) is 71.9. The van der Waals surface area contributed by atoms with E-state index in [0.29, 0.717) is 0 Å². The number of anilines is 6. The minimum absolute atomic E-state index is 1.03. The lowest BCUT2D eigenvalue weighted by Gasteiger charge is -2.35. The van der Waals surface area contributed by atoms with E-state index in [1.165, 1.54) is 66.1 Å². The van der Waals surface area contributed by atoms with Crippen LogP contribution in [0.5, 0.6) is 0 Å². The Bertz CT molecular complexity index is 2620. The largest absolute Gasteiger partial charge is 0.308 e. The van der Waals surface area contributed by atoms with Crippen LogP contribution in [0.2, 0.25) is 0 Å². The van der Waals surface area contributed by atoms with Gasteiger partial charge in [0, 0.05) is 33.5 Å². The summed E-state index contributed by atoms with van der Waals surface area (Å²) in [4.78, 5) is 4.94. The van der Waals surface area contributed by atoms with Crippen LogP contribution in [0.1, 0.15) is 36.1 Å². The first-order valence-corrected chi connectivity index (χ1v) is 20.5. The molecule has 2 nitrogen and oxygen atoms in total. The van der Waals surface area contributed by atoms with Crippen molar-refractivity contribution in [3.63, 3.8) is 0 Å². The Morgan fingerprint density at radius 1 is 0.293 bits per heavy atom. The van der Waals surface area contributed by atoms with E-state index in [1.54, 1.807) is 0 Å². The van der Waals surface area contributed by atoms with Gasteiger partial charge in [-0.3, -0.25) is 0 Å². The maximum atomic E-state index is 2.47. The van der Waals surface area contributed by atoms with Gasteiger partial charge >= 0.3 is 0 Å². The summed E-state index contributed by atoms with van der Waals surface area (Å²) >= 11 is 0. The Morgan fingerprint density at radius 3 is 0.845 bits per heavy atom. The maximum absolute atomic E-state index is 2.47. The van der Waals surface area contributed by atoms with Crippen molar-refractivity contribution >= 4 is 55.7 Å². The molecule has 0 aliphatic rings. The standard InChI is InChI=1S/C56H48N2/c1-5-41-19-23-43(24-20-41)45-27-35-49(36-28-45)57(47-31-15-39(3)16-32-47)55-53-13-9-7-11-51(53)52-12-8-10-14-54(52)56(55)58(48-33-17-40(4)18-34-48)50-37-29-46(30-38-50)44-25-21-42(6-2)22-26-44/h7-38H,5-6H2,1-4H3. The number of rotatable bonds is 10. The third-order valence-corrected chi connectivity index (χ3v) is 11.6. The Hall–Kier alpha value is -6.90. The van der Waals surface area contributed by atoms with Crippen LogP contribution in [0.4, 0.5) is 34.1 Å². The van der Waals surface area contributed by atoms with E-state index in [2.05, 4.69) is 232 Å². The van der Waals surface area contributed by atoms with Crippen molar-refractivity contribution < 1.29 is 0 Å². The molecule has 0 spiro atoms. The summed E-state index contributed by atoms with van der Waals surface area (Å²) in [7, 11) is 0. The van der Waals surface area contributed by atoms with Crippen molar-refractivity contribution in [2.75, 3.05) is 9.80 Å². The van der Waals surface area contributed by atoms with Crippen LogP contribution in [0.25, 0.3) is 43.8 Å². The van der Waals surface area contributed by atoms with Gasteiger partial charge in [0.15, 0.2) is 0 Å². The highest BCUT2D eigenvalue weighted by molar-refractivity contribution is 6.23. The molecule has 9 aromatic rings. The van der Waals surface area contributed by atoms with Gasteiger partial charge in [-0.15, -0.1) is 0 Å². The van der Waals surface area contributed by atoms with Crippen LogP contribution >= 0.6 is 0 Å². The Kier molecular flexibility index (Phi) is 10.1. The highest BCUT2D eigenvalue weighted by atomic mass is 15.2. The second kappa shape index (κ2) is 15.9. The molecule has 0 aliphatic heterocycles. The normalized spacial score (nSPS) is 11.2. The van der Waals surface area contributed by atoms with Crippen LogP contribution in [0.3, 0.4) is 0 Å². The second-order valence-electron chi connectivity index (χ2n) is 15.3. The Balaban J connectivity index is 1.32. The average Bonchev–Trinajstić information content (AvgIpc) is 3.29. The molecule has 9 aromatic carbocycles. The third-order valence-electron chi connectivity index (χ3n) is 11.6. The van der Waals surface area contributed by atoms with E-state index in [-0.39, 0.29) is 0 Å². The minimum Gasteiger partial charge on any atom is -0.308 e. The predicted octanol–water partition coefficient (Wildman–Crippen LogP) is 16.0. The lowest BCUT2D eigenvalue weighted by molar-refractivity contribution is 1.14. The van der Waals surface area contributed by atoms with Gasteiger partial charge in [-0.25, -0.2) is 0 Å². The second-order valence-corrected chi connectivity index (χ2v) is 15.3. The quantitative estimate of drug-likeness (QED) is 0.101. The van der Waals surface area contributed by atoms with E-state index in [0.717, 1.165) is 47.0 Å². The first-order valence-electron chi connectivity index (χ1n) is 20.5. The maximum Gasteiger partial charge on any atom is 0.0788 e. The molecule has 282 valence electrons. The monoisotopic (exact) mass is 748 g/mol. The molecule has 9 rings (SSSR count). The first-order chi connectivity index (χ1) is 28.5. The molecule has 0 atom stereocenters. The van der Waals surface area contributed by atoms with Crippen LogP contribution in [-0.4, -0.2) is 0 Å². The number of nitrogens with zero attached hydrogens (tertiary/aromatic N) is 2. The lowest BCUT2D eigenvalue weighted by atomic mass is 9.95. The molecule has 0 aromatic heterocycles. The van der Waals surface area contributed by atoms with Crippen LogP contribution in [-0.2, 0) is 12.8 Å². The number of benzene rings is 9. The van der Waals surface area contributed by atoms with Crippen molar-refractivity contribution in [1.29, 1.82) is 0 Å². The molecule has 0 aliphatic carbocycles. The zero-order valence-corrected chi connectivity index (χ0v) is 33.8. The van der Waals surface area contributed by atoms with Crippen molar-refractivity contribution in [3.8, 4) is 22.3 Å². The van der Waals surface area contributed by atoms with Crippen molar-refractivity contribution in [1.82, 2.24) is 0 Å². The van der Waals surface area contributed by atoms with Gasteiger partial charge in [-0.2, -0.15) is 0 Å². The van der Waals surface area contributed by atoms with Gasteiger partial charge in [0.2, 0.25) is 0 Å². The fraction of sp³-hybridized carbons (Fsp3) is 0.107. The molecular weight excluding hydrogens is 701 g/mol. The fourth-order valence-corrected chi connectivity index (χ4v) is 8.23. The van der Waals surface area contributed by atoms with Gasteiger partial charge in [0.25, 0.3) is 0 Å². The zero-order valence-electron chi connectivity index (χ0n) is 33.8. The number of hydrogen-bond donors (Lipinski definition) is 0. The molecule has 0 saturated heterocycles. The van der Waals surface area contributed by atoms with Gasteiger partial charge in [0.1, 0.15) is 0 Å². The van der Waals surface area contributed by atoms with Crippen molar-refractivity contribution in [3.05, 3.63) is 216 Å². The fourth-order valence-electron chi connectivity index (χ4n) is 8.23. The van der Waals surface area contributed by atoms with Crippen molar-refractivity contribution in [2.24, 2.45) is 0 Å². The van der Waals surface area contributed by atoms with Gasteiger partial charge in [-0.05, 0) is 119 Å². The molecule has 0 N–H and O–H groups in total. The Morgan fingerprint density at radius 2 is 0.552 bits per heavy atom. The lowest BCUT2D eigenvalue weighted by Crippen LogP contribution is -2.18. The molecule has 0 heterocycles. The van der Waals surface area contributed by atoms with Crippen LogP contribution in [0, 0.1) is 13.8 Å².